The molecule has 0 atom stereocenters. The molecule has 6 nitrogen and oxygen atoms in total. The van der Waals surface area contributed by atoms with E-state index >= 15 is 0 Å². The van der Waals surface area contributed by atoms with Crippen LogP contribution in [0.2, 0.25) is 0 Å². The minimum atomic E-state index is -0.457. The molecule has 0 heterocycles. The van der Waals surface area contributed by atoms with E-state index in [9.17, 15) is 10.1 Å². The van der Waals surface area contributed by atoms with Crippen molar-refractivity contribution in [1.82, 2.24) is 0 Å². The molecule has 0 saturated heterocycles. The number of nitrogens with zero attached hydrogens (tertiary/aromatic N) is 2. The first-order chi connectivity index (χ1) is 11.1. The fourth-order valence-corrected chi connectivity index (χ4v) is 2.11. The van der Waals surface area contributed by atoms with E-state index < -0.39 is 4.92 Å². The third-order valence-electron chi connectivity index (χ3n) is 3.34. The van der Waals surface area contributed by atoms with E-state index in [4.69, 9.17) is 5.26 Å². The molecule has 2 aromatic rings. The lowest BCUT2D eigenvalue weighted by atomic mass is 10.1. The number of nitro groups is 1. The van der Waals surface area contributed by atoms with Crippen molar-refractivity contribution in [3.8, 4) is 6.07 Å². The summed E-state index contributed by atoms with van der Waals surface area (Å²) < 4.78 is 0. The fraction of sp³-hybridized carbons (Fsp3) is 0.235. The van der Waals surface area contributed by atoms with Gasteiger partial charge in [-0.05, 0) is 36.2 Å². The van der Waals surface area contributed by atoms with Gasteiger partial charge >= 0.3 is 0 Å². The lowest BCUT2D eigenvalue weighted by Gasteiger charge is -2.09. The summed E-state index contributed by atoms with van der Waals surface area (Å²) in [4.78, 5) is 10.6. The number of nitrogens with one attached hydrogen (secondary N) is 2. The van der Waals surface area contributed by atoms with Crippen molar-refractivity contribution >= 4 is 17.1 Å². The Balaban J connectivity index is 2.08. The Morgan fingerprint density at radius 1 is 1.17 bits per heavy atom. The molecular weight excluding hydrogens is 292 g/mol. The van der Waals surface area contributed by atoms with E-state index in [2.05, 4.69) is 17.6 Å². The highest BCUT2D eigenvalue weighted by Crippen LogP contribution is 2.26. The predicted octanol–water partition coefficient (Wildman–Crippen LogP) is 3.90. The van der Waals surface area contributed by atoms with Gasteiger partial charge < -0.3 is 10.6 Å². The Kier molecular flexibility index (Phi) is 5.53. The summed E-state index contributed by atoms with van der Waals surface area (Å²) in [6, 6.07) is 14.2. The van der Waals surface area contributed by atoms with Crippen LogP contribution < -0.4 is 10.6 Å². The molecule has 0 unspecified atom stereocenters. The maximum absolute atomic E-state index is 11.1. The summed E-state index contributed by atoms with van der Waals surface area (Å²) in [5, 5.41) is 26.3. The van der Waals surface area contributed by atoms with Gasteiger partial charge in [0.15, 0.2) is 0 Å². The van der Waals surface area contributed by atoms with Gasteiger partial charge in [0.2, 0.25) is 0 Å². The van der Waals surface area contributed by atoms with Gasteiger partial charge in [-0.25, -0.2) is 0 Å². The van der Waals surface area contributed by atoms with Crippen molar-refractivity contribution in [2.75, 3.05) is 17.2 Å². The first kappa shape index (κ1) is 16.3. The SMILES string of the molecule is CCCNc1ccc(CNc2cc(C#N)ccc2[N+](=O)[O-])cc1. The van der Waals surface area contributed by atoms with Crippen molar-refractivity contribution in [3.05, 3.63) is 63.7 Å². The number of nitro benzene ring substituents is 1. The Morgan fingerprint density at radius 3 is 2.52 bits per heavy atom. The summed E-state index contributed by atoms with van der Waals surface area (Å²) in [7, 11) is 0. The number of hydrogen-bond donors (Lipinski definition) is 2. The number of rotatable bonds is 7. The molecular formula is C17H18N4O2. The lowest BCUT2D eigenvalue weighted by molar-refractivity contribution is -0.384. The summed E-state index contributed by atoms with van der Waals surface area (Å²) in [5.41, 5.74) is 2.75. The highest BCUT2D eigenvalue weighted by Gasteiger charge is 2.13. The lowest BCUT2D eigenvalue weighted by Crippen LogP contribution is -2.04. The first-order valence-electron chi connectivity index (χ1n) is 7.39. The smallest absolute Gasteiger partial charge is 0.292 e. The van der Waals surface area contributed by atoms with Crippen molar-refractivity contribution in [3.63, 3.8) is 0 Å². The zero-order chi connectivity index (χ0) is 16.7. The molecule has 0 saturated carbocycles. The molecule has 0 aliphatic rings. The van der Waals surface area contributed by atoms with Crippen LogP contribution in [0.3, 0.4) is 0 Å². The average Bonchev–Trinajstić information content (AvgIpc) is 2.58. The van der Waals surface area contributed by atoms with Crippen molar-refractivity contribution in [2.45, 2.75) is 19.9 Å². The minimum Gasteiger partial charge on any atom is -0.385 e. The molecule has 0 aliphatic carbocycles. The van der Waals surface area contributed by atoms with Crippen LogP contribution in [0.1, 0.15) is 24.5 Å². The maximum atomic E-state index is 11.1. The van der Waals surface area contributed by atoms with Gasteiger partial charge in [0, 0.05) is 24.8 Å². The van der Waals surface area contributed by atoms with Crippen LogP contribution in [0.15, 0.2) is 42.5 Å². The third kappa shape index (κ3) is 4.45. The minimum absolute atomic E-state index is 0.0368. The van der Waals surface area contributed by atoms with E-state index in [1.807, 2.05) is 30.3 Å². The molecule has 0 amide bonds. The Hall–Kier alpha value is -3.07. The average molecular weight is 310 g/mol. The normalized spacial score (nSPS) is 9.91. The Morgan fingerprint density at radius 2 is 1.91 bits per heavy atom. The summed E-state index contributed by atoms with van der Waals surface area (Å²) in [5.74, 6) is 0. The second kappa shape index (κ2) is 7.80. The zero-order valence-corrected chi connectivity index (χ0v) is 12.9. The van der Waals surface area contributed by atoms with Crippen molar-refractivity contribution in [1.29, 1.82) is 5.26 Å². The van der Waals surface area contributed by atoms with Crippen LogP contribution in [-0.2, 0) is 6.54 Å². The largest absolute Gasteiger partial charge is 0.385 e. The standard InChI is InChI=1S/C17H18N4O2/c1-2-9-19-15-6-3-13(4-7-15)12-20-16-10-14(11-18)5-8-17(16)21(22)23/h3-8,10,19-20H,2,9,12H2,1H3. The number of anilines is 2. The molecule has 2 aromatic carbocycles. The van der Waals surface area contributed by atoms with Crippen LogP contribution in [0.25, 0.3) is 0 Å². The van der Waals surface area contributed by atoms with Crippen LogP contribution in [0.5, 0.6) is 0 Å². The van der Waals surface area contributed by atoms with Gasteiger partial charge in [0.25, 0.3) is 5.69 Å². The Labute approximate surface area is 134 Å². The van der Waals surface area contributed by atoms with Crippen molar-refractivity contribution in [2.24, 2.45) is 0 Å². The summed E-state index contributed by atoms with van der Waals surface area (Å²) in [6.07, 6.45) is 1.06. The van der Waals surface area contributed by atoms with Gasteiger partial charge in [-0.2, -0.15) is 5.26 Å². The van der Waals surface area contributed by atoms with E-state index in [0.29, 0.717) is 17.8 Å². The zero-order valence-electron chi connectivity index (χ0n) is 12.9. The van der Waals surface area contributed by atoms with E-state index in [-0.39, 0.29) is 5.69 Å². The predicted molar refractivity (Wildman–Crippen MR) is 90.4 cm³/mol. The molecule has 0 spiro atoms. The van der Waals surface area contributed by atoms with E-state index in [1.54, 1.807) is 0 Å². The molecule has 0 aliphatic heterocycles. The molecule has 23 heavy (non-hydrogen) atoms. The topological polar surface area (TPSA) is 91.0 Å². The molecule has 0 radical (unpaired) electrons. The second-order valence-electron chi connectivity index (χ2n) is 5.08. The first-order valence-corrected chi connectivity index (χ1v) is 7.39. The Bertz CT molecular complexity index is 720. The van der Waals surface area contributed by atoms with Gasteiger partial charge in [-0.3, -0.25) is 10.1 Å². The van der Waals surface area contributed by atoms with Gasteiger partial charge in [-0.15, -0.1) is 0 Å². The maximum Gasteiger partial charge on any atom is 0.292 e. The number of benzene rings is 2. The molecule has 6 heteroatoms. The van der Waals surface area contributed by atoms with E-state index in [0.717, 1.165) is 24.2 Å². The molecule has 0 fully saturated rings. The van der Waals surface area contributed by atoms with Crippen molar-refractivity contribution < 1.29 is 4.92 Å². The number of nitriles is 1. The van der Waals surface area contributed by atoms with Crippen LogP contribution in [0, 0.1) is 21.4 Å². The van der Waals surface area contributed by atoms with Gasteiger partial charge in [0.1, 0.15) is 5.69 Å². The van der Waals surface area contributed by atoms with E-state index in [1.165, 1.54) is 18.2 Å². The van der Waals surface area contributed by atoms with Gasteiger partial charge in [-0.1, -0.05) is 19.1 Å². The highest BCUT2D eigenvalue weighted by molar-refractivity contribution is 5.64. The molecule has 0 bridgehead atoms. The molecule has 118 valence electrons. The monoisotopic (exact) mass is 310 g/mol. The molecule has 2 N–H and O–H groups in total. The quantitative estimate of drug-likeness (QED) is 0.598. The molecule has 2 rings (SSSR count). The highest BCUT2D eigenvalue weighted by atomic mass is 16.6. The third-order valence-corrected chi connectivity index (χ3v) is 3.34. The summed E-state index contributed by atoms with van der Waals surface area (Å²) >= 11 is 0. The van der Waals surface area contributed by atoms with Crippen LogP contribution in [-0.4, -0.2) is 11.5 Å². The molecule has 0 aromatic heterocycles. The summed E-state index contributed by atoms with van der Waals surface area (Å²) in [6.45, 7) is 3.47. The number of hydrogen-bond acceptors (Lipinski definition) is 5. The van der Waals surface area contributed by atoms with Crippen LogP contribution >= 0.6 is 0 Å². The van der Waals surface area contributed by atoms with Crippen LogP contribution in [0.4, 0.5) is 17.1 Å². The van der Waals surface area contributed by atoms with Gasteiger partial charge in [0.05, 0.1) is 16.6 Å². The second-order valence-corrected chi connectivity index (χ2v) is 5.08. The fourth-order valence-electron chi connectivity index (χ4n) is 2.11.